The summed E-state index contributed by atoms with van der Waals surface area (Å²) in [5, 5.41) is 3.68. The average Bonchev–Trinajstić information content (AvgIpc) is 3.70. The molecule has 0 N–H and O–H groups in total. The van der Waals surface area contributed by atoms with Gasteiger partial charge in [-0.3, -0.25) is 0 Å². The van der Waals surface area contributed by atoms with Crippen LogP contribution in [0.5, 0.6) is 5.75 Å². The molecule has 0 spiro atoms. The maximum atomic E-state index is 13.5. The molecule has 10 heteroatoms. The molecular formula is C41H28F3NO3S3. The van der Waals surface area contributed by atoms with Crippen LogP contribution in [-0.2, 0) is 10.1 Å². The number of allylic oxidation sites excluding steroid dienone is 2. The Morgan fingerprint density at radius 1 is 0.588 bits per heavy atom. The van der Waals surface area contributed by atoms with E-state index in [0.29, 0.717) is 11.1 Å². The highest BCUT2D eigenvalue weighted by atomic mass is 32.2. The van der Waals surface area contributed by atoms with E-state index in [1.165, 1.54) is 38.3 Å². The molecule has 0 radical (unpaired) electrons. The van der Waals surface area contributed by atoms with Crippen LogP contribution in [-0.4, -0.2) is 13.9 Å². The topological polar surface area (TPSA) is 46.6 Å². The first kappa shape index (κ1) is 34.0. The number of rotatable bonds is 7. The van der Waals surface area contributed by atoms with Crippen LogP contribution in [0.15, 0.2) is 159 Å². The van der Waals surface area contributed by atoms with Crippen molar-refractivity contribution in [3.63, 3.8) is 0 Å². The highest BCUT2D eigenvalue weighted by Gasteiger charge is 2.48. The number of thiophene rings is 2. The van der Waals surface area contributed by atoms with Crippen LogP contribution in [0.1, 0.15) is 0 Å². The fourth-order valence-electron chi connectivity index (χ4n) is 5.89. The lowest BCUT2D eigenvalue weighted by atomic mass is 10.0. The molecule has 0 aliphatic carbocycles. The first-order chi connectivity index (χ1) is 24.6. The van der Waals surface area contributed by atoms with Crippen molar-refractivity contribution in [2.45, 2.75) is 5.51 Å². The van der Waals surface area contributed by atoms with E-state index in [0.717, 1.165) is 42.7 Å². The molecule has 0 amide bonds. The standard InChI is InChI=1S/C37H22F3NO3S3.C4H6/c38-37(39,40)47(42,43)44-27-21-31-30-20-24(23-15-17-34-29(19-23)28-13-7-8-14-33(28)45-34)16-18-35(30)46-36(31)32(22-27)41(25-9-3-1-4-10-25)26-11-5-2-6-12-26;1-3-4-2/h1-22H;3-4H,1-2H2. The summed E-state index contributed by atoms with van der Waals surface area (Å²) in [4.78, 5) is 1.89. The monoisotopic (exact) mass is 735 g/mol. The summed E-state index contributed by atoms with van der Waals surface area (Å²) in [6.07, 6.45) is 3.28. The van der Waals surface area contributed by atoms with Gasteiger partial charge in [0, 0.05) is 53.1 Å². The average molecular weight is 736 g/mol. The van der Waals surface area contributed by atoms with Gasteiger partial charge in [0.15, 0.2) is 0 Å². The lowest BCUT2D eigenvalue weighted by molar-refractivity contribution is -0.0500. The summed E-state index contributed by atoms with van der Waals surface area (Å²) < 4.78 is 73.9. The summed E-state index contributed by atoms with van der Waals surface area (Å²) in [6, 6.07) is 42.1. The van der Waals surface area contributed by atoms with Gasteiger partial charge in [0.1, 0.15) is 5.75 Å². The highest BCUT2D eigenvalue weighted by Crippen LogP contribution is 2.48. The van der Waals surface area contributed by atoms with Crippen molar-refractivity contribution in [1.29, 1.82) is 0 Å². The molecule has 8 rings (SSSR count). The maximum absolute atomic E-state index is 13.5. The van der Waals surface area contributed by atoms with Crippen molar-refractivity contribution < 1.29 is 25.8 Å². The molecule has 51 heavy (non-hydrogen) atoms. The van der Waals surface area contributed by atoms with Crippen LogP contribution in [0.4, 0.5) is 30.2 Å². The van der Waals surface area contributed by atoms with Gasteiger partial charge in [0.2, 0.25) is 0 Å². The van der Waals surface area contributed by atoms with Gasteiger partial charge in [-0.25, -0.2) is 0 Å². The third-order valence-corrected chi connectivity index (χ3v) is 11.5. The molecule has 2 aromatic heterocycles. The van der Waals surface area contributed by atoms with E-state index in [-0.39, 0.29) is 0 Å². The van der Waals surface area contributed by atoms with Gasteiger partial charge in [-0.05, 0) is 71.8 Å². The van der Waals surface area contributed by atoms with Crippen molar-refractivity contribution in [2.75, 3.05) is 4.90 Å². The molecule has 0 aliphatic heterocycles. The van der Waals surface area contributed by atoms with Gasteiger partial charge >= 0.3 is 15.6 Å². The number of fused-ring (bicyclic) bond motifs is 6. The predicted octanol–water partition coefficient (Wildman–Crippen LogP) is 13.1. The van der Waals surface area contributed by atoms with E-state index in [1.54, 1.807) is 23.5 Å². The smallest absolute Gasteiger partial charge is 0.376 e. The highest BCUT2D eigenvalue weighted by molar-refractivity contribution is 7.88. The van der Waals surface area contributed by atoms with Crippen molar-refractivity contribution in [3.8, 4) is 16.9 Å². The van der Waals surface area contributed by atoms with Crippen molar-refractivity contribution >= 4 is 90.2 Å². The number of nitrogens with zero attached hydrogens (tertiary/aromatic N) is 1. The zero-order valence-corrected chi connectivity index (χ0v) is 29.3. The fourth-order valence-corrected chi connectivity index (χ4v) is 8.59. The quantitative estimate of drug-likeness (QED) is 0.0929. The Hall–Kier alpha value is -5.42. The summed E-state index contributed by atoms with van der Waals surface area (Å²) in [5.74, 6) is -0.432. The number of halogens is 3. The van der Waals surface area contributed by atoms with Crippen LogP contribution < -0.4 is 9.08 Å². The normalized spacial score (nSPS) is 11.7. The van der Waals surface area contributed by atoms with Gasteiger partial charge in [0.25, 0.3) is 0 Å². The number of para-hydroxylation sites is 2. The second kappa shape index (κ2) is 13.7. The Labute approximate surface area is 300 Å². The second-order valence-electron chi connectivity index (χ2n) is 11.4. The molecule has 0 fully saturated rings. The lowest BCUT2D eigenvalue weighted by Gasteiger charge is -2.26. The molecule has 0 saturated heterocycles. The number of hydrogen-bond donors (Lipinski definition) is 0. The van der Waals surface area contributed by atoms with Crippen LogP contribution in [0.25, 0.3) is 51.5 Å². The number of hydrogen-bond acceptors (Lipinski definition) is 6. The van der Waals surface area contributed by atoms with Crippen LogP contribution in [0.2, 0.25) is 0 Å². The maximum Gasteiger partial charge on any atom is 0.534 e. The molecule has 0 unspecified atom stereocenters. The Morgan fingerprint density at radius 2 is 1.10 bits per heavy atom. The largest absolute Gasteiger partial charge is 0.534 e. The number of alkyl halides is 3. The van der Waals surface area contributed by atoms with E-state index in [9.17, 15) is 21.6 Å². The van der Waals surface area contributed by atoms with E-state index in [4.69, 9.17) is 4.18 Å². The van der Waals surface area contributed by atoms with Gasteiger partial charge in [-0.15, -0.1) is 22.7 Å². The van der Waals surface area contributed by atoms with E-state index >= 15 is 0 Å². The third-order valence-electron chi connectivity index (χ3n) is 8.16. The first-order valence-corrected chi connectivity index (χ1v) is 18.7. The lowest BCUT2D eigenvalue weighted by Crippen LogP contribution is -2.28. The van der Waals surface area contributed by atoms with Crippen molar-refractivity contribution in [2.24, 2.45) is 0 Å². The summed E-state index contributed by atoms with van der Waals surface area (Å²) in [5.41, 5.74) is -1.70. The molecule has 0 aliphatic rings. The van der Waals surface area contributed by atoms with Gasteiger partial charge in [-0.1, -0.05) is 92.0 Å². The summed E-state index contributed by atoms with van der Waals surface area (Å²) in [7, 11) is -5.93. The molecule has 2 heterocycles. The van der Waals surface area contributed by atoms with Crippen molar-refractivity contribution in [1.82, 2.24) is 0 Å². The molecule has 8 aromatic rings. The number of benzene rings is 6. The summed E-state index contributed by atoms with van der Waals surface area (Å²) >= 11 is 3.21. The van der Waals surface area contributed by atoms with Gasteiger partial charge < -0.3 is 9.08 Å². The molecule has 0 saturated carbocycles. The van der Waals surface area contributed by atoms with E-state index in [1.807, 2.05) is 95.9 Å². The molecule has 4 nitrogen and oxygen atoms in total. The van der Waals surface area contributed by atoms with E-state index in [2.05, 4.69) is 43.5 Å². The van der Waals surface area contributed by atoms with Gasteiger partial charge in [-0.2, -0.15) is 21.6 Å². The molecular weight excluding hydrogens is 708 g/mol. The Kier molecular flexibility index (Phi) is 9.15. The SMILES string of the molecule is C=CC=C.O=S(=O)(Oc1cc(N(c2ccccc2)c2ccccc2)c2sc3ccc(-c4ccc5sc6ccccc6c5c4)cc3c2c1)C(F)(F)F. The van der Waals surface area contributed by atoms with Crippen molar-refractivity contribution in [3.05, 3.63) is 159 Å². The van der Waals surface area contributed by atoms with E-state index < -0.39 is 21.4 Å². The predicted molar refractivity (Wildman–Crippen MR) is 208 cm³/mol. The molecule has 6 aromatic carbocycles. The number of anilines is 3. The zero-order valence-electron chi connectivity index (χ0n) is 26.8. The minimum atomic E-state index is -5.93. The second-order valence-corrected chi connectivity index (χ2v) is 15.1. The van der Waals surface area contributed by atoms with Crippen LogP contribution in [0.3, 0.4) is 0 Å². The Bertz CT molecular complexity index is 2620. The molecule has 254 valence electrons. The first-order valence-electron chi connectivity index (χ1n) is 15.6. The Balaban J connectivity index is 0.000000966. The Morgan fingerprint density at radius 3 is 1.67 bits per heavy atom. The molecule has 0 bridgehead atoms. The summed E-state index contributed by atoms with van der Waals surface area (Å²) in [6.45, 7) is 6.72. The fraction of sp³-hybridized carbons (Fsp3) is 0.0244. The van der Waals surface area contributed by atoms with Gasteiger partial charge in [0.05, 0.1) is 10.4 Å². The van der Waals surface area contributed by atoms with Crippen LogP contribution >= 0.6 is 22.7 Å². The van der Waals surface area contributed by atoms with Crippen LogP contribution in [0, 0.1) is 0 Å². The minimum Gasteiger partial charge on any atom is -0.376 e. The zero-order chi connectivity index (χ0) is 35.8. The minimum absolute atomic E-state index is 0.432. The molecule has 0 atom stereocenters. The third kappa shape index (κ3) is 6.61.